The first-order valence-corrected chi connectivity index (χ1v) is 11.4. The molecule has 0 amide bonds. The maximum absolute atomic E-state index is 12.1. The van der Waals surface area contributed by atoms with E-state index in [4.69, 9.17) is 9.47 Å². The summed E-state index contributed by atoms with van der Waals surface area (Å²) in [5, 5.41) is 0. The van der Waals surface area contributed by atoms with Crippen LogP contribution < -0.4 is 9.47 Å². The van der Waals surface area contributed by atoms with Gasteiger partial charge in [-0.3, -0.25) is 0 Å². The van der Waals surface area contributed by atoms with Crippen LogP contribution in [-0.2, 0) is 11.2 Å². The topological polar surface area (TPSA) is 35.5 Å². The van der Waals surface area contributed by atoms with Crippen molar-refractivity contribution >= 4 is 12.0 Å². The number of rotatable bonds is 14. The molecule has 0 bridgehead atoms. The summed E-state index contributed by atoms with van der Waals surface area (Å²) in [6.07, 6.45) is 14.1. The molecule has 0 saturated carbocycles. The van der Waals surface area contributed by atoms with Gasteiger partial charge < -0.3 is 9.47 Å². The Morgan fingerprint density at radius 3 is 2.10 bits per heavy atom. The summed E-state index contributed by atoms with van der Waals surface area (Å²) in [7, 11) is 0. The highest BCUT2D eigenvalue weighted by Gasteiger charge is 2.02. The molecular weight excluding hydrogens is 372 g/mol. The average molecular weight is 409 g/mol. The third kappa shape index (κ3) is 9.78. The van der Waals surface area contributed by atoms with E-state index in [0.29, 0.717) is 5.75 Å². The Kier molecular flexibility index (Phi) is 11.4. The molecule has 3 heteroatoms. The minimum Gasteiger partial charge on any atom is -0.494 e. The molecule has 0 saturated heterocycles. The van der Waals surface area contributed by atoms with Crippen LogP contribution in [0.15, 0.2) is 54.6 Å². The van der Waals surface area contributed by atoms with Crippen LogP contribution in [-0.4, -0.2) is 12.6 Å². The summed E-state index contributed by atoms with van der Waals surface area (Å²) in [5.74, 6) is 1.07. The van der Waals surface area contributed by atoms with Crippen LogP contribution in [0.4, 0.5) is 0 Å². The summed E-state index contributed by atoms with van der Waals surface area (Å²) in [4.78, 5) is 12.1. The third-order valence-electron chi connectivity index (χ3n) is 5.02. The van der Waals surface area contributed by atoms with Crippen molar-refractivity contribution in [3.05, 3.63) is 65.7 Å². The Morgan fingerprint density at radius 1 is 0.767 bits per heavy atom. The second-order valence-electron chi connectivity index (χ2n) is 7.69. The van der Waals surface area contributed by atoms with Gasteiger partial charge in [-0.25, -0.2) is 4.79 Å². The second-order valence-corrected chi connectivity index (χ2v) is 7.69. The molecule has 0 atom stereocenters. The van der Waals surface area contributed by atoms with Crippen molar-refractivity contribution in [2.24, 2.45) is 0 Å². The zero-order chi connectivity index (χ0) is 21.4. The van der Waals surface area contributed by atoms with Gasteiger partial charge in [-0.05, 0) is 60.7 Å². The van der Waals surface area contributed by atoms with E-state index in [9.17, 15) is 4.79 Å². The standard InChI is InChI=1S/C27H36O3/c1-3-5-7-8-10-22-29-25-17-12-24(13-18-25)16-21-27(28)30-26-19-14-23(15-20-26)11-9-6-4-2/h12-21H,3-11,22H2,1-2H3. The Morgan fingerprint density at radius 2 is 1.40 bits per heavy atom. The van der Waals surface area contributed by atoms with Crippen molar-refractivity contribution in [1.29, 1.82) is 0 Å². The van der Waals surface area contributed by atoms with Gasteiger partial charge in [0, 0.05) is 6.08 Å². The van der Waals surface area contributed by atoms with Gasteiger partial charge in [0.25, 0.3) is 0 Å². The maximum atomic E-state index is 12.1. The molecule has 0 aliphatic rings. The molecular formula is C27H36O3. The molecule has 0 N–H and O–H groups in total. The van der Waals surface area contributed by atoms with E-state index in [2.05, 4.69) is 13.8 Å². The van der Waals surface area contributed by atoms with Crippen LogP contribution in [0.1, 0.15) is 76.3 Å². The molecule has 0 fully saturated rings. The number of hydrogen-bond donors (Lipinski definition) is 0. The average Bonchev–Trinajstić information content (AvgIpc) is 2.77. The minimum atomic E-state index is -0.374. The first-order chi connectivity index (χ1) is 14.7. The summed E-state index contributed by atoms with van der Waals surface area (Å²) in [5.41, 5.74) is 2.22. The van der Waals surface area contributed by atoms with E-state index in [0.717, 1.165) is 30.8 Å². The van der Waals surface area contributed by atoms with Gasteiger partial charge >= 0.3 is 5.97 Å². The Labute approximate surface area is 182 Å². The van der Waals surface area contributed by atoms with Gasteiger partial charge in [0.15, 0.2) is 0 Å². The molecule has 30 heavy (non-hydrogen) atoms. The summed E-state index contributed by atoms with van der Waals surface area (Å²) in [6, 6.07) is 15.6. The Bertz CT molecular complexity index is 745. The van der Waals surface area contributed by atoms with Crippen molar-refractivity contribution in [2.75, 3.05) is 6.61 Å². The van der Waals surface area contributed by atoms with Crippen molar-refractivity contribution in [3.63, 3.8) is 0 Å². The highest BCUT2D eigenvalue weighted by atomic mass is 16.5. The quantitative estimate of drug-likeness (QED) is 0.141. The number of ether oxygens (including phenoxy) is 2. The third-order valence-corrected chi connectivity index (χ3v) is 5.02. The zero-order valence-corrected chi connectivity index (χ0v) is 18.6. The molecule has 3 nitrogen and oxygen atoms in total. The second kappa shape index (κ2) is 14.4. The number of carbonyl (C=O) groups excluding carboxylic acids is 1. The molecule has 0 unspecified atom stereocenters. The maximum Gasteiger partial charge on any atom is 0.336 e. The minimum absolute atomic E-state index is 0.374. The lowest BCUT2D eigenvalue weighted by Crippen LogP contribution is -2.03. The monoisotopic (exact) mass is 408 g/mol. The smallest absolute Gasteiger partial charge is 0.336 e. The molecule has 0 aliphatic carbocycles. The van der Waals surface area contributed by atoms with E-state index >= 15 is 0 Å². The van der Waals surface area contributed by atoms with Crippen molar-refractivity contribution in [2.45, 2.75) is 71.6 Å². The lowest BCUT2D eigenvalue weighted by Gasteiger charge is -2.06. The SMILES string of the molecule is CCCCCCCOc1ccc(C=CC(=O)Oc2ccc(CCCCC)cc2)cc1. The van der Waals surface area contributed by atoms with Crippen LogP contribution in [0.3, 0.4) is 0 Å². The summed E-state index contributed by atoms with van der Waals surface area (Å²) < 4.78 is 11.2. The van der Waals surface area contributed by atoms with Gasteiger partial charge in [-0.15, -0.1) is 0 Å². The lowest BCUT2D eigenvalue weighted by molar-refractivity contribution is -0.128. The van der Waals surface area contributed by atoms with E-state index < -0.39 is 0 Å². The van der Waals surface area contributed by atoms with Crippen LogP contribution in [0.2, 0.25) is 0 Å². The summed E-state index contributed by atoms with van der Waals surface area (Å²) >= 11 is 0. The zero-order valence-electron chi connectivity index (χ0n) is 18.6. The molecule has 0 aliphatic heterocycles. The molecule has 2 aromatic rings. The van der Waals surface area contributed by atoms with Gasteiger partial charge in [0.05, 0.1) is 6.61 Å². The molecule has 0 aromatic heterocycles. The number of benzene rings is 2. The van der Waals surface area contributed by atoms with Crippen molar-refractivity contribution < 1.29 is 14.3 Å². The fourth-order valence-corrected chi connectivity index (χ4v) is 3.19. The van der Waals surface area contributed by atoms with Crippen molar-refractivity contribution in [3.8, 4) is 11.5 Å². The Hall–Kier alpha value is -2.55. The molecule has 2 rings (SSSR count). The predicted molar refractivity (Wildman–Crippen MR) is 125 cm³/mol. The van der Waals surface area contributed by atoms with Gasteiger partial charge in [0.1, 0.15) is 11.5 Å². The number of hydrogen-bond acceptors (Lipinski definition) is 3. The van der Waals surface area contributed by atoms with Crippen molar-refractivity contribution in [1.82, 2.24) is 0 Å². The van der Waals surface area contributed by atoms with E-state index in [-0.39, 0.29) is 5.97 Å². The fourth-order valence-electron chi connectivity index (χ4n) is 3.19. The number of esters is 1. The lowest BCUT2D eigenvalue weighted by atomic mass is 10.1. The van der Waals surface area contributed by atoms with E-state index in [1.54, 1.807) is 6.08 Å². The molecule has 162 valence electrons. The number of aryl methyl sites for hydroxylation is 1. The van der Waals surface area contributed by atoms with E-state index in [1.165, 1.54) is 56.6 Å². The van der Waals surface area contributed by atoms with Crippen LogP contribution in [0, 0.1) is 0 Å². The highest BCUT2D eigenvalue weighted by Crippen LogP contribution is 2.16. The highest BCUT2D eigenvalue weighted by molar-refractivity contribution is 5.88. The van der Waals surface area contributed by atoms with Crippen LogP contribution in [0.5, 0.6) is 11.5 Å². The molecule has 2 aromatic carbocycles. The Balaban J connectivity index is 1.72. The van der Waals surface area contributed by atoms with Crippen LogP contribution >= 0.6 is 0 Å². The molecule has 0 spiro atoms. The van der Waals surface area contributed by atoms with E-state index in [1.807, 2.05) is 48.5 Å². The molecule has 0 heterocycles. The first kappa shape index (κ1) is 23.7. The van der Waals surface area contributed by atoms with Crippen LogP contribution in [0.25, 0.3) is 6.08 Å². The van der Waals surface area contributed by atoms with Gasteiger partial charge in [0.2, 0.25) is 0 Å². The first-order valence-electron chi connectivity index (χ1n) is 11.4. The molecule has 0 radical (unpaired) electrons. The number of unbranched alkanes of at least 4 members (excludes halogenated alkanes) is 6. The predicted octanol–water partition coefficient (Wildman–Crippen LogP) is 7.39. The summed E-state index contributed by atoms with van der Waals surface area (Å²) in [6.45, 7) is 5.18. The number of carbonyl (C=O) groups is 1. The van der Waals surface area contributed by atoms with Gasteiger partial charge in [-0.2, -0.15) is 0 Å². The van der Waals surface area contributed by atoms with Gasteiger partial charge in [-0.1, -0.05) is 76.6 Å². The fraction of sp³-hybridized carbons (Fsp3) is 0.444. The normalized spacial score (nSPS) is 11.0. The largest absolute Gasteiger partial charge is 0.494 e.